The van der Waals surface area contributed by atoms with E-state index in [4.69, 9.17) is 11.6 Å². The lowest BCUT2D eigenvalue weighted by atomic mass is 9.78. The number of halogens is 1. The number of benzene rings is 1. The molecule has 0 radical (unpaired) electrons. The van der Waals surface area contributed by atoms with E-state index in [2.05, 4.69) is 18.8 Å². The summed E-state index contributed by atoms with van der Waals surface area (Å²) >= 11 is 9.25. The van der Waals surface area contributed by atoms with Crippen LogP contribution in [0.3, 0.4) is 0 Å². The monoisotopic (exact) mass is 337 g/mol. The van der Waals surface area contributed by atoms with Crippen LogP contribution in [0.15, 0.2) is 29.2 Å². The molecule has 110 valence electrons. The summed E-state index contributed by atoms with van der Waals surface area (Å²) in [4.78, 5) is 18.9. The highest BCUT2D eigenvalue weighted by molar-refractivity contribution is 7.98. The zero-order valence-corrected chi connectivity index (χ0v) is 14.4. The van der Waals surface area contributed by atoms with Crippen LogP contribution in [-0.4, -0.2) is 10.8 Å². The second-order valence-corrected chi connectivity index (χ2v) is 8.64. The summed E-state index contributed by atoms with van der Waals surface area (Å²) in [6.07, 6.45) is 1.52. The largest absolute Gasteiger partial charge is 0.293 e. The molecular weight excluding hydrogens is 322 g/mol. The van der Waals surface area contributed by atoms with Gasteiger partial charge >= 0.3 is 0 Å². The van der Waals surface area contributed by atoms with Gasteiger partial charge in [-0.3, -0.25) is 4.79 Å². The average molecular weight is 338 g/mol. The molecule has 1 aromatic heterocycles. The zero-order chi connectivity index (χ0) is 15.0. The van der Waals surface area contributed by atoms with Crippen molar-refractivity contribution in [1.82, 2.24) is 4.98 Å². The number of hydrogen-bond acceptors (Lipinski definition) is 4. The highest BCUT2D eigenvalue weighted by Gasteiger charge is 2.33. The van der Waals surface area contributed by atoms with E-state index in [0.29, 0.717) is 6.42 Å². The van der Waals surface area contributed by atoms with Crippen LogP contribution in [0.4, 0.5) is 0 Å². The number of hydrogen-bond donors (Lipinski definition) is 0. The van der Waals surface area contributed by atoms with Gasteiger partial charge in [-0.2, -0.15) is 0 Å². The molecule has 1 aromatic carbocycles. The van der Waals surface area contributed by atoms with Gasteiger partial charge in [-0.15, -0.1) is 23.1 Å². The third-order valence-corrected chi connectivity index (χ3v) is 6.00. The smallest absolute Gasteiger partial charge is 0.175 e. The van der Waals surface area contributed by atoms with Crippen LogP contribution in [0, 0.1) is 5.41 Å². The number of thiazole rings is 1. The van der Waals surface area contributed by atoms with Gasteiger partial charge in [0.05, 0.1) is 16.3 Å². The fourth-order valence-electron chi connectivity index (χ4n) is 2.53. The van der Waals surface area contributed by atoms with Crippen LogP contribution >= 0.6 is 34.7 Å². The first kappa shape index (κ1) is 15.1. The third kappa shape index (κ3) is 3.50. The Morgan fingerprint density at radius 3 is 2.95 bits per heavy atom. The van der Waals surface area contributed by atoms with Crippen LogP contribution < -0.4 is 0 Å². The molecule has 0 atom stereocenters. The fourth-order valence-corrected chi connectivity index (χ4v) is 4.75. The lowest BCUT2D eigenvalue weighted by Crippen LogP contribution is -2.25. The van der Waals surface area contributed by atoms with Gasteiger partial charge in [0, 0.05) is 16.3 Å². The Morgan fingerprint density at radius 2 is 2.19 bits per heavy atom. The van der Waals surface area contributed by atoms with E-state index in [1.54, 1.807) is 23.1 Å². The van der Waals surface area contributed by atoms with E-state index in [1.807, 2.05) is 24.3 Å². The summed E-state index contributed by atoms with van der Waals surface area (Å²) in [5.41, 5.74) is 1.03. The van der Waals surface area contributed by atoms with Crippen molar-refractivity contribution >= 4 is 40.5 Å². The number of ketones is 1. The van der Waals surface area contributed by atoms with E-state index in [9.17, 15) is 4.79 Å². The lowest BCUT2D eigenvalue weighted by molar-refractivity contribution is 0.0916. The van der Waals surface area contributed by atoms with Gasteiger partial charge in [-0.25, -0.2) is 4.98 Å². The van der Waals surface area contributed by atoms with Gasteiger partial charge in [-0.05, 0) is 30.0 Å². The van der Waals surface area contributed by atoms with E-state index in [0.717, 1.165) is 37.7 Å². The van der Waals surface area contributed by atoms with Crippen LogP contribution in [-0.2, 0) is 12.2 Å². The van der Waals surface area contributed by atoms with Crippen molar-refractivity contribution in [3.8, 4) is 0 Å². The zero-order valence-electron chi connectivity index (χ0n) is 12.0. The molecule has 21 heavy (non-hydrogen) atoms. The Morgan fingerprint density at radius 1 is 1.38 bits per heavy atom. The number of carbonyl (C=O) groups excluding carboxylic acids is 1. The molecule has 2 aromatic rings. The summed E-state index contributed by atoms with van der Waals surface area (Å²) in [6, 6.07) is 7.81. The van der Waals surface area contributed by atoms with Crippen molar-refractivity contribution in [2.45, 2.75) is 37.3 Å². The first-order valence-electron chi connectivity index (χ1n) is 6.83. The first-order valence-corrected chi connectivity index (χ1v) is 9.01. The molecular formula is C16H16ClNOS2. The summed E-state index contributed by atoms with van der Waals surface area (Å²) in [6.45, 7) is 4.27. The molecule has 1 aliphatic carbocycles. The van der Waals surface area contributed by atoms with Crippen LogP contribution in [0.2, 0.25) is 5.02 Å². The molecule has 5 heteroatoms. The minimum Gasteiger partial charge on any atom is -0.293 e. The van der Waals surface area contributed by atoms with E-state index >= 15 is 0 Å². The summed E-state index contributed by atoms with van der Waals surface area (Å²) in [5.74, 6) is 1.03. The molecule has 0 unspecified atom stereocenters. The normalized spacial score (nSPS) is 16.8. The number of carbonyl (C=O) groups is 1. The number of aromatic nitrogens is 1. The standard InChI is InChI=1S/C16H16ClNOS2/c1-16(2)7-12-15(13(19)8-16)21-14(18-12)9-20-11-5-3-4-10(17)6-11/h3-6H,7-9H2,1-2H3. The summed E-state index contributed by atoms with van der Waals surface area (Å²) < 4.78 is 0. The van der Waals surface area contributed by atoms with Crippen molar-refractivity contribution in [1.29, 1.82) is 0 Å². The molecule has 2 nitrogen and oxygen atoms in total. The SMILES string of the molecule is CC1(C)CC(=O)c2sc(CSc3cccc(Cl)c3)nc2C1. The molecule has 0 amide bonds. The Labute approximate surface area is 137 Å². The van der Waals surface area contributed by atoms with Crippen LogP contribution in [0.25, 0.3) is 0 Å². The Balaban J connectivity index is 1.75. The number of fused-ring (bicyclic) bond motifs is 1. The van der Waals surface area contributed by atoms with E-state index in [-0.39, 0.29) is 11.2 Å². The summed E-state index contributed by atoms with van der Waals surface area (Å²) in [5, 5.41) is 1.77. The number of Topliss-reactive ketones (excluding diaryl/α,β-unsaturated/α-hetero) is 1. The molecule has 0 aliphatic heterocycles. The Bertz CT molecular complexity index is 693. The van der Waals surface area contributed by atoms with Gasteiger partial charge in [-0.1, -0.05) is 31.5 Å². The quantitative estimate of drug-likeness (QED) is 0.717. The fraction of sp³-hybridized carbons (Fsp3) is 0.375. The Hall–Kier alpha value is -0.840. The highest BCUT2D eigenvalue weighted by atomic mass is 35.5. The predicted molar refractivity (Wildman–Crippen MR) is 89.6 cm³/mol. The maximum absolute atomic E-state index is 12.2. The van der Waals surface area contributed by atoms with Crippen molar-refractivity contribution in [2.24, 2.45) is 5.41 Å². The number of thioether (sulfide) groups is 1. The molecule has 0 N–H and O–H groups in total. The number of rotatable bonds is 3. The van der Waals surface area contributed by atoms with Gasteiger partial charge in [0.1, 0.15) is 5.01 Å². The van der Waals surface area contributed by atoms with Crippen molar-refractivity contribution in [3.63, 3.8) is 0 Å². The average Bonchev–Trinajstić information content (AvgIpc) is 2.78. The molecule has 0 spiro atoms. The van der Waals surface area contributed by atoms with E-state index in [1.165, 1.54) is 0 Å². The van der Waals surface area contributed by atoms with Crippen molar-refractivity contribution in [2.75, 3.05) is 0 Å². The minimum atomic E-state index is 0.0372. The van der Waals surface area contributed by atoms with Crippen molar-refractivity contribution in [3.05, 3.63) is 44.9 Å². The predicted octanol–water partition coefficient (Wildman–Crippen LogP) is 5.24. The van der Waals surface area contributed by atoms with Gasteiger partial charge in [0.25, 0.3) is 0 Å². The van der Waals surface area contributed by atoms with Crippen LogP contribution in [0.5, 0.6) is 0 Å². The maximum atomic E-state index is 12.2. The lowest BCUT2D eigenvalue weighted by Gasteiger charge is -2.26. The molecule has 0 fully saturated rings. The van der Waals surface area contributed by atoms with Crippen LogP contribution in [0.1, 0.15) is 40.6 Å². The van der Waals surface area contributed by atoms with Gasteiger partial charge in [0.2, 0.25) is 0 Å². The molecule has 0 bridgehead atoms. The van der Waals surface area contributed by atoms with Crippen molar-refractivity contribution < 1.29 is 4.79 Å². The van der Waals surface area contributed by atoms with Gasteiger partial charge in [0.15, 0.2) is 5.78 Å². The summed E-state index contributed by atoms with van der Waals surface area (Å²) in [7, 11) is 0. The first-order chi connectivity index (χ1) is 9.93. The highest BCUT2D eigenvalue weighted by Crippen LogP contribution is 2.38. The molecule has 0 saturated carbocycles. The maximum Gasteiger partial charge on any atom is 0.175 e. The topological polar surface area (TPSA) is 30.0 Å². The molecule has 3 rings (SSSR count). The third-order valence-electron chi connectivity index (χ3n) is 3.44. The van der Waals surface area contributed by atoms with E-state index < -0.39 is 0 Å². The van der Waals surface area contributed by atoms with Gasteiger partial charge < -0.3 is 0 Å². The molecule has 0 saturated heterocycles. The second kappa shape index (κ2) is 5.75. The second-order valence-electron chi connectivity index (χ2n) is 6.07. The minimum absolute atomic E-state index is 0.0372. The molecule has 1 heterocycles. The number of nitrogens with zero attached hydrogens (tertiary/aromatic N) is 1. The molecule has 1 aliphatic rings. The Kier molecular flexibility index (Phi) is 4.12.